The van der Waals surface area contributed by atoms with Gasteiger partial charge < -0.3 is 4.74 Å². The van der Waals surface area contributed by atoms with Crippen LogP contribution in [0.3, 0.4) is 0 Å². The van der Waals surface area contributed by atoms with Gasteiger partial charge in [0.05, 0.1) is 25.0 Å². The molecule has 3 nitrogen and oxygen atoms in total. The van der Waals surface area contributed by atoms with Crippen LogP contribution in [-0.2, 0) is 9.53 Å². The Morgan fingerprint density at radius 1 is 1.69 bits per heavy atom. The van der Waals surface area contributed by atoms with Crippen molar-refractivity contribution in [2.75, 3.05) is 6.61 Å². The molecular weight excluding hydrogens is 166 g/mol. The van der Waals surface area contributed by atoms with Crippen LogP contribution in [0.5, 0.6) is 0 Å². The third kappa shape index (κ3) is 2.73. The molecule has 0 bridgehead atoms. The second-order valence-electron chi connectivity index (χ2n) is 3.44. The number of hydrogen-bond donors (Lipinski definition) is 0. The van der Waals surface area contributed by atoms with Crippen LogP contribution in [0.4, 0.5) is 0 Å². The van der Waals surface area contributed by atoms with Crippen molar-refractivity contribution in [1.29, 1.82) is 5.26 Å². The van der Waals surface area contributed by atoms with Crippen molar-refractivity contribution in [3.05, 3.63) is 0 Å². The van der Waals surface area contributed by atoms with Crippen molar-refractivity contribution in [2.45, 2.75) is 32.6 Å². The van der Waals surface area contributed by atoms with Gasteiger partial charge in [0, 0.05) is 0 Å². The van der Waals surface area contributed by atoms with E-state index in [0.29, 0.717) is 12.5 Å². The van der Waals surface area contributed by atoms with Gasteiger partial charge in [0.25, 0.3) is 0 Å². The van der Waals surface area contributed by atoms with Gasteiger partial charge >= 0.3 is 5.97 Å². The normalized spacial score (nSPS) is 18.5. The molecule has 1 aliphatic rings. The van der Waals surface area contributed by atoms with Gasteiger partial charge in [-0.2, -0.15) is 5.26 Å². The second kappa shape index (κ2) is 4.86. The number of esters is 1. The molecule has 1 rings (SSSR count). The number of hydrogen-bond acceptors (Lipinski definition) is 3. The van der Waals surface area contributed by atoms with E-state index in [-0.39, 0.29) is 18.3 Å². The van der Waals surface area contributed by atoms with E-state index >= 15 is 0 Å². The number of nitrogens with zero attached hydrogens (tertiary/aromatic N) is 1. The van der Waals surface area contributed by atoms with E-state index in [4.69, 9.17) is 10.00 Å². The molecule has 0 aromatic carbocycles. The third-order valence-electron chi connectivity index (χ3n) is 2.58. The summed E-state index contributed by atoms with van der Waals surface area (Å²) in [4.78, 5) is 11.1. The fourth-order valence-corrected chi connectivity index (χ4v) is 1.56. The van der Waals surface area contributed by atoms with Crippen LogP contribution in [0, 0.1) is 23.2 Å². The first-order chi connectivity index (χ1) is 6.27. The molecule has 0 spiro atoms. The lowest BCUT2D eigenvalue weighted by molar-refractivity contribution is -0.144. The molecule has 0 aliphatic heterocycles. The summed E-state index contributed by atoms with van der Waals surface area (Å²) in [6.07, 6.45) is 3.66. The minimum atomic E-state index is -0.235. The predicted molar refractivity (Wildman–Crippen MR) is 47.7 cm³/mol. The molecular formula is C10H15NO2. The number of carbonyl (C=O) groups excluding carboxylic acids is 1. The van der Waals surface area contributed by atoms with Crippen molar-refractivity contribution in [3.8, 4) is 6.07 Å². The van der Waals surface area contributed by atoms with E-state index in [9.17, 15) is 4.79 Å². The van der Waals surface area contributed by atoms with E-state index < -0.39 is 0 Å². The van der Waals surface area contributed by atoms with Crippen LogP contribution in [0.15, 0.2) is 0 Å². The van der Waals surface area contributed by atoms with Crippen molar-refractivity contribution in [1.82, 2.24) is 0 Å². The van der Waals surface area contributed by atoms with Crippen LogP contribution in [0.1, 0.15) is 32.6 Å². The highest BCUT2D eigenvalue weighted by Gasteiger charge is 2.29. The lowest BCUT2D eigenvalue weighted by Crippen LogP contribution is -2.23. The first kappa shape index (κ1) is 10.0. The van der Waals surface area contributed by atoms with Gasteiger partial charge in [0.2, 0.25) is 0 Å². The Hall–Kier alpha value is -1.04. The molecule has 0 saturated heterocycles. The minimum Gasteiger partial charge on any atom is -0.466 e. The number of nitriles is 1. The van der Waals surface area contributed by atoms with E-state index in [1.165, 1.54) is 6.42 Å². The lowest BCUT2D eigenvalue weighted by atomic mass is 9.75. The van der Waals surface area contributed by atoms with Crippen LogP contribution in [-0.4, -0.2) is 12.6 Å². The predicted octanol–water partition coefficient (Wildman–Crippen LogP) is 1.88. The van der Waals surface area contributed by atoms with Crippen LogP contribution in [0.25, 0.3) is 0 Å². The van der Waals surface area contributed by atoms with E-state index in [2.05, 4.69) is 6.07 Å². The summed E-state index contributed by atoms with van der Waals surface area (Å²) in [5.41, 5.74) is 0. The summed E-state index contributed by atoms with van der Waals surface area (Å²) >= 11 is 0. The minimum absolute atomic E-state index is 0.118. The number of carbonyl (C=O) groups is 1. The lowest BCUT2D eigenvalue weighted by Gasteiger charge is -2.28. The van der Waals surface area contributed by atoms with Crippen molar-refractivity contribution in [3.63, 3.8) is 0 Å². The van der Waals surface area contributed by atoms with Gasteiger partial charge in [-0.15, -0.1) is 0 Å². The quantitative estimate of drug-likeness (QED) is 0.622. The molecule has 1 aliphatic carbocycles. The molecule has 0 amide bonds. The SMILES string of the molecule is CCOC(=O)CC(C#N)C1CCC1. The molecule has 0 N–H and O–H groups in total. The highest BCUT2D eigenvalue weighted by atomic mass is 16.5. The van der Waals surface area contributed by atoms with Gasteiger partial charge in [0.15, 0.2) is 0 Å². The molecule has 0 heterocycles. The Bertz CT molecular complexity index is 215. The largest absolute Gasteiger partial charge is 0.466 e. The third-order valence-corrected chi connectivity index (χ3v) is 2.58. The van der Waals surface area contributed by atoms with Crippen LogP contribution >= 0.6 is 0 Å². The fourth-order valence-electron chi connectivity index (χ4n) is 1.56. The summed E-state index contributed by atoms with van der Waals surface area (Å²) in [6, 6.07) is 2.19. The molecule has 13 heavy (non-hydrogen) atoms. The standard InChI is InChI=1S/C10H15NO2/c1-2-13-10(12)6-9(7-11)8-4-3-5-8/h8-9H,2-6H2,1H3. The topological polar surface area (TPSA) is 50.1 Å². The molecule has 1 atom stereocenters. The monoisotopic (exact) mass is 181 g/mol. The van der Waals surface area contributed by atoms with Crippen molar-refractivity contribution < 1.29 is 9.53 Å². The molecule has 72 valence electrons. The van der Waals surface area contributed by atoms with E-state index in [1.807, 2.05) is 0 Å². The zero-order valence-electron chi connectivity index (χ0n) is 7.95. The Balaban J connectivity index is 2.31. The van der Waals surface area contributed by atoms with Gasteiger partial charge in [-0.3, -0.25) is 4.79 Å². The van der Waals surface area contributed by atoms with Crippen LogP contribution in [0.2, 0.25) is 0 Å². The Kier molecular flexibility index (Phi) is 3.75. The van der Waals surface area contributed by atoms with Gasteiger partial charge in [0.1, 0.15) is 0 Å². The van der Waals surface area contributed by atoms with Gasteiger partial charge in [-0.1, -0.05) is 6.42 Å². The molecule has 3 heteroatoms. The highest BCUT2D eigenvalue weighted by molar-refractivity contribution is 5.70. The number of ether oxygens (including phenoxy) is 1. The van der Waals surface area contributed by atoms with Gasteiger partial charge in [-0.25, -0.2) is 0 Å². The Labute approximate surface area is 78.7 Å². The zero-order chi connectivity index (χ0) is 9.68. The molecule has 1 saturated carbocycles. The molecule has 1 fully saturated rings. The average Bonchev–Trinajstić information content (AvgIpc) is 2.00. The van der Waals surface area contributed by atoms with E-state index in [0.717, 1.165) is 12.8 Å². The molecule has 0 aromatic heterocycles. The zero-order valence-corrected chi connectivity index (χ0v) is 7.95. The molecule has 0 aromatic rings. The Morgan fingerprint density at radius 2 is 2.38 bits per heavy atom. The van der Waals surface area contributed by atoms with Crippen molar-refractivity contribution >= 4 is 5.97 Å². The molecule has 1 unspecified atom stereocenters. The summed E-state index contributed by atoms with van der Waals surface area (Å²) in [5.74, 6) is 0.0863. The summed E-state index contributed by atoms with van der Waals surface area (Å²) in [7, 11) is 0. The summed E-state index contributed by atoms with van der Waals surface area (Å²) < 4.78 is 4.80. The summed E-state index contributed by atoms with van der Waals surface area (Å²) in [6.45, 7) is 2.18. The van der Waals surface area contributed by atoms with Crippen molar-refractivity contribution in [2.24, 2.45) is 11.8 Å². The smallest absolute Gasteiger partial charge is 0.307 e. The van der Waals surface area contributed by atoms with Crippen LogP contribution < -0.4 is 0 Å². The summed E-state index contributed by atoms with van der Waals surface area (Å²) in [5, 5.41) is 8.82. The first-order valence-electron chi connectivity index (χ1n) is 4.83. The highest BCUT2D eigenvalue weighted by Crippen LogP contribution is 2.34. The molecule has 0 radical (unpaired) electrons. The second-order valence-corrected chi connectivity index (χ2v) is 3.44. The first-order valence-corrected chi connectivity index (χ1v) is 4.83. The maximum Gasteiger partial charge on any atom is 0.307 e. The maximum absolute atomic E-state index is 11.1. The fraction of sp³-hybridized carbons (Fsp3) is 0.800. The maximum atomic E-state index is 11.1. The van der Waals surface area contributed by atoms with E-state index in [1.54, 1.807) is 6.92 Å². The Morgan fingerprint density at radius 3 is 2.77 bits per heavy atom. The van der Waals surface area contributed by atoms with Gasteiger partial charge in [-0.05, 0) is 25.7 Å². The number of rotatable bonds is 4. The average molecular weight is 181 g/mol.